The van der Waals surface area contributed by atoms with Crippen LogP contribution in [0.5, 0.6) is 0 Å². The number of nitrogen functional groups attached to an aromatic ring is 1. The summed E-state index contributed by atoms with van der Waals surface area (Å²) in [6, 6.07) is 11.2. The largest absolute Gasteiger partial charge is 0.383 e. The fourth-order valence-corrected chi connectivity index (χ4v) is 4.32. The second-order valence-corrected chi connectivity index (χ2v) is 8.35. The Morgan fingerprint density at radius 1 is 1.16 bits per heavy atom. The van der Waals surface area contributed by atoms with Crippen molar-refractivity contribution < 1.29 is 9.59 Å². The Kier molecular flexibility index (Phi) is 5.69. The molecule has 1 atom stereocenters. The molecular weight excluding hydrogens is 406 g/mol. The number of carbonyl (C=O) groups is 2. The van der Waals surface area contributed by atoms with Gasteiger partial charge in [-0.15, -0.1) is 0 Å². The number of aromatic nitrogens is 3. The van der Waals surface area contributed by atoms with Gasteiger partial charge in [0.2, 0.25) is 0 Å². The Bertz CT molecular complexity index is 1240. The normalized spacial score (nSPS) is 16.2. The second-order valence-electron chi connectivity index (χ2n) is 8.35. The summed E-state index contributed by atoms with van der Waals surface area (Å²) in [5.74, 6) is -0.560. The van der Waals surface area contributed by atoms with Gasteiger partial charge in [0, 0.05) is 31.7 Å². The van der Waals surface area contributed by atoms with Crippen molar-refractivity contribution in [2.24, 2.45) is 13.0 Å². The van der Waals surface area contributed by atoms with Crippen LogP contribution in [0.1, 0.15) is 44.8 Å². The molecule has 8 heteroatoms. The van der Waals surface area contributed by atoms with E-state index in [4.69, 9.17) is 5.73 Å². The summed E-state index contributed by atoms with van der Waals surface area (Å²) >= 11 is 0. The Morgan fingerprint density at radius 3 is 2.59 bits per heavy atom. The number of benzene rings is 1. The van der Waals surface area contributed by atoms with Crippen LogP contribution >= 0.6 is 0 Å². The molecule has 1 amide bonds. The number of likely N-dealkylation sites (tertiary alicyclic amines) is 1. The maximum atomic E-state index is 13.3. The molecule has 1 aliphatic rings. The van der Waals surface area contributed by atoms with Crippen molar-refractivity contribution >= 4 is 17.5 Å². The van der Waals surface area contributed by atoms with Crippen molar-refractivity contribution in [2.75, 3.05) is 18.8 Å². The zero-order valence-electron chi connectivity index (χ0n) is 18.5. The van der Waals surface area contributed by atoms with Gasteiger partial charge in [0.25, 0.3) is 11.5 Å². The monoisotopic (exact) mass is 433 g/mol. The van der Waals surface area contributed by atoms with Crippen LogP contribution in [-0.2, 0) is 7.05 Å². The van der Waals surface area contributed by atoms with Gasteiger partial charge in [-0.05, 0) is 50.5 Å². The van der Waals surface area contributed by atoms with Gasteiger partial charge in [0.05, 0.1) is 17.4 Å². The fraction of sp³-hybridized carbons (Fsp3) is 0.333. The molecule has 2 N–H and O–H groups in total. The lowest BCUT2D eigenvalue weighted by molar-refractivity contribution is 0.0634. The molecule has 0 bridgehead atoms. The van der Waals surface area contributed by atoms with E-state index in [9.17, 15) is 14.4 Å². The molecule has 2 aromatic heterocycles. The number of hydrogen-bond acceptors (Lipinski definition) is 5. The number of hydrogen-bond donors (Lipinski definition) is 1. The summed E-state index contributed by atoms with van der Waals surface area (Å²) in [6.45, 7) is 4.37. The van der Waals surface area contributed by atoms with E-state index >= 15 is 0 Å². The van der Waals surface area contributed by atoms with Gasteiger partial charge in [0.1, 0.15) is 11.4 Å². The number of anilines is 1. The lowest BCUT2D eigenvalue weighted by atomic mass is 9.90. The van der Waals surface area contributed by atoms with E-state index in [0.29, 0.717) is 30.5 Å². The van der Waals surface area contributed by atoms with Crippen LogP contribution in [-0.4, -0.2) is 44.0 Å². The summed E-state index contributed by atoms with van der Waals surface area (Å²) in [7, 11) is 1.66. The lowest BCUT2D eigenvalue weighted by Gasteiger charge is -2.32. The molecule has 32 heavy (non-hydrogen) atoms. The number of amides is 1. The van der Waals surface area contributed by atoms with E-state index in [2.05, 4.69) is 5.10 Å². The Balaban J connectivity index is 1.57. The zero-order chi connectivity index (χ0) is 23.0. The van der Waals surface area contributed by atoms with Crippen molar-refractivity contribution in [3.05, 3.63) is 75.3 Å². The highest BCUT2D eigenvalue weighted by atomic mass is 16.2. The first-order chi connectivity index (χ1) is 15.3. The van der Waals surface area contributed by atoms with Gasteiger partial charge in [-0.3, -0.25) is 14.4 Å². The molecule has 3 aromatic rings. The molecule has 1 aliphatic heterocycles. The number of nitrogens with zero attached hydrogens (tertiary/aromatic N) is 4. The highest BCUT2D eigenvalue weighted by Gasteiger charge is 2.33. The van der Waals surface area contributed by atoms with E-state index in [1.54, 1.807) is 23.6 Å². The van der Waals surface area contributed by atoms with Crippen molar-refractivity contribution in [3.63, 3.8) is 0 Å². The third-order valence-electron chi connectivity index (χ3n) is 6.23. The van der Waals surface area contributed by atoms with E-state index < -0.39 is 5.92 Å². The molecule has 0 aliphatic carbocycles. The van der Waals surface area contributed by atoms with E-state index in [0.717, 1.165) is 11.4 Å². The number of aryl methyl sites for hydroxylation is 2. The van der Waals surface area contributed by atoms with Crippen LogP contribution in [0.3, 0.4) is 0 Å². The average molecular weight is 434 g/mol. The van der Waals surface area contributed by atoms with E-state index in [1.807, 2.05) is 43.3 Å². The fourth-order valence-electron chi connectivity index (χ4n) is 4.32. The number of para-hydroxylation sites is 1. The molecular formula is C24H27N5O3. The lowest BCUT2D eigenvalue weighted by Crippen LogP contribution is -2.45. The standard InChI is InChI=1S/C24H27N5O3/c1-15-12-16(2)27(3)23(31)20(15)24(32)28-11-7-8-17(14-28)21(30)19-13-26-29(22(19)25)18-9-5-4-6-10-18/h4-6,9-10,12-13,17H,7-8,11,14,25H2,1-3H3. The number of pyridine rings is 1. The predicted molar refractivity (Wildman–Crippen MR) is 122 cm³/mol. The van der Waals surface area contributed by atoms with Gasteiger partial charge < -0.3 is 15.2 Å². The van der Waals surface area contributed by atoms with Gasteiger partial charge in [0.15, 0.2) is 5.78 Å². The van der Waals surface area contributed by atoms with Crippen LogP contribution in [0.2, 0.25) is 0 Å². The Hall–Kier alpha value is -3.68. The van der Waals surface area contributed by atoms with Crippen LogP contribution in [0.15, 0.2) is 47.4 Å². The van der Waals surface area contributed by atoms with Crippen molar-refractivity contribution in [1.29, 1.82) is 0 Å². The van der Waals surface area contributed by atoms with Crippen LogP contribution < -0.4 is 11.3 Å². The van der Waals surface area contributed by atoms with E-state index in [1.165, 1.54) is 10.8 Å². The first-order valence-corrected chi connectivity index (χ1v) is 10.7. The van der Waals surface area contributed by atoms with Crippen molar-refractivity contribution in [1.82, 2.24) is 19.2 Å². The van der Waals surface area contributed by atoms with Crippen molar-refractivity contribution in [3.8, 4) is 5.69 Å². The predicted octanol–water partition coefficient (Wildman–Crippen LogP) is 2.51. The maximum Gasteiger partial charge on any atom is 0.263 e. The van der Waals surface area contributed by atoms with Gasteiger partial charge in [-0.2, -0.15) is 5.10 Å². The van der Waals surface area contributed by atoms with Crippen LogP contribution in [0.4, 0.5) is 5.82 Å². The minimum atomic E-state index is -0.391. The number of nitrogens with two attached hydrogens (primary N) is 1. The summed E-state index contributed by atoms with van der Waals surface area (Å²) < 4.78 is 3.02. The van der Waals surface area contributed by atoms with Crippen LogP contribution in [0.25, 0.3) is 5.69 Å². The quantitative estimate of drug-likeness (QED) is 0.637. The molecule has 4 rings (SSSR count). The molecule has 8 nitrogen and oxygen atoms in total. The number of Topliss-reactive ketones (excluding diaryl/α,β-unsaturated/α-hetero) is 1. The molecule has 3 heterocycles. The van der Waals surface area contributed by atoms with Crippen LogP contribution in [0, 0.1) is 19.8 Å². The van der Waals surface area contributed by atoms with Gasteiger partial charge in [-0.25, -0.2) is 4.68 Å². The highest BCUT2D eigenvalue weighted by molar-refractivity contribution is 6.02. The molecule has 1 saturated heterocycles. The molecule has 0 saturated carbocycles. The molecule has 1 aromatic carbocycles. The Morgan fingerprint density at radius 2 is 1.88 bits per heavy atom. The summed E-state index contributed by atoms with van der Waals surface area (Å²) in [5.41, 5.74) is 8.69. The SMILES string of the molecule is Cc1cc(C)n(C)c(=O)c1C(=O)N1CCCC(C(=O)c2cnn(-c3ccccc3)c2N)C1. The third-order valence-corrected chi connectivity index (χ3v) is 6.23. The van der Waals surface area contributed by atoms with Crippen molar-refractivity contribution in [2.45, 2.75) is 26.7 Å². The average Bonchev–Trinajstić information content (AvgIpc) is 3.19. The number of rotatable bonds is 4. The molecule has 0 spiro atoms. The number of piperidine rings is 1. The minimum Gasteiger partial charge on any atom is -0.383 e. The molecule has 1 unspecified atom stereocenters. The Labute approximate surface area is 186 Å². The number of ketones is 1. The topological polar surface area (TPSA) is 103 Å². The first kappa shape index (κ1) is 21.5. The zero-order valence-corrected chi connectivity index (χ0v) is 18.5. The molecule has 0 radical (unpaired) electrons. The molecule has 1 fully saturated rings. The third kappa shape index (κ3) is 3.72. The smallest absolute Gasteiger partial charge is 0.263 e. The second kappa shape index (κ2) is 8.45. The maximum absolute atomic E-state index is 13.3. The van der Waals surface area contributed by atoms with Gasteiger partial charge >= 0.3 is 0 Å². The summed E-state index contributed by atoms with van der Waals surface area (Å²) in [4.78, 5) is 40.8. The number of carbonyl (C=O) groups excluding carboxylic acids is 2. The van der Waals surface area contributed by atoms with E-state index in [-0.39, 0.29) is 35.2 Å². The highest BCUT2D eigenvalue weighted by Crippen LogP contribution is 2.26. The summed E-state index contributed by atoms with van der Waals surface area (Å²) in [5, 5.41) is 4.29. The molecule has 166 valence electrons. The summed E-state index contributed by atoms with van der Waals surface area (Å²) in [6.07, 6.45) is 2.83. The first-order valence-electron chi connectivity index (χ1n) is 10.7. The van der Waals surface area contributed by atoms with Gasteiger partial charge in [-0.1, -0.05) is 18.2 Å². The minimum absolute atomic E-state index is 0.129.